The van der Waals surface area contributed by atoms with Crippen LogP contribution in [0.15, 0.2) is 54.6 Å². The molecule has 2 aromatic rings. The van der Waals surface area contributed by atoms with E-state index in [1.807, 2.05) is 30.3 Å². The fourth-order valence-corrected chi connectivity index (χ4v) is 2.11. The van der Waals surface area contributed by atoms with Crippen LogP contribution in [0, 0.1) is 0 Å². The van der Waals surface area contributed by atoms with Gasteiger partial charge in [0.15, 0.2) is 5.78 Å². The number of Topliss-reactive ketones (excluding diaryl/α,β-unsaturated/α-hetero) is 1. The standard InChI is InChI=1S/C17H18O3/c18-14(11-10-13-6-2-1-3-7-13)12-17(20)15-8-4-5-9-16(15)19/h1-9,14,18-19H,10-12H2. The maximum atomic E-state index is 12.0. The highest BCUT2D eigenvalue weighted by atomic mass is 16.3. The maximum Gasteiger partial charge on any atom is 0.169 e. The molecule has 0 fully saturated rings. The molecule has 2 rings (SSSR count). The van der Waals surface area contributed by atoms with Crippen LogP contribution in [0.2, 0.25) is 0 Å². The summed E-state index contributed by atoms with van der Waals surface area (Å²) in [5.74, 6) is -0.267. The van der Waals surface area contributed by atoms with Gasteiger partial charge in [-0.25, -0.2) is 0 Å². The van der Waals surface area contributed by atoms with Crippen molar-refractivity contribution in [2.75, 3.05) is 0 Å². The van der Waals surface area contributed by atoms with Crippen molar-refractivity contribution in [3.05, 3.63) is 65.7 Å². The molecule has 0 heterocycles. The Morgan fingerprint density at radius 2 is 1.65 bits per heavy atom. The SMILES string of the molecule is O=C(CC(O)CCc1ccccc1)c1ccccc1O. The van der Waals surface area contributed by atoms with E-state index in [2.05, 4.69) is 0 Å². The van der Waals surface area contributed by atoms with Gasteiger partial charge in [-0.05, 0) is 30.5 Å². The number of aromatic hydroxyl groups is 1. The van der Waals surface area contributed by atoms with E-state index in [1.165, 1.54) is 6.07 Å². The number of aliphatic hydroxyl groups is 1. The summed E-state index contributed by atoms with van der Waals surface area (Å²) < 4.78 is 0. The first-order valence-electron chi connectivity index (χ1n) is 6.70. The third-order valence-corrected chi connectivity index (χ3v) is 3.23. The Morgan fingerprint density at radius 3 is 2.35 bits per heavy atom. The minimum Gasteiger partial charge on any atom is -0.507 e. The van der Waals surface area contributed by atoms with Gasteiger partial charge >= 0.3 is 0 Å². The molecule has 0 aromatic heterocycles. The highest BCUT2D eigenvalue weighted by Gasteiger charge is 2.15. The molecule has 0 aliphatic carbocycles. The van der Waals surface area contributed by atoms with Crippen LogP contribution in [0.1, 0.15) is 28.8 Å². The van der Waals surface area contributed by atoms with Crippen molar-refractivity contribution in [3.63, 3.8) is 0 Å². The number of phenolic OH excluding ortho intramolecular Hbond substituents is 1. The van der Waals surface area contributed by atoms with Gasteiger partial charge in [0.25, 0.3) is 0 Å². The molecule has 2 N–H and O–H groups in total. The second kappa shape index (κ2) is 6.87. The van der Waals surface area contributed by atoms with Crippen LogP contribution in [0.25, 0.3) is 0 Å². The van der Waals surface area contributed by atoms with Crippen LogP contribution in [0.5, 0.6) is 5.75 Å². The summed E-state index contributed by atoms with van der Waals surface area (Å²) in [4.78, 5) is 12.0. The Balaban J connectivity index is 1.87. The first-order chi connectivity index (χ1) is 9.66. The van der Waals surface area contributed by atoms with Gasteiger partial charge in [0.05, 0.1) is 11.7 Å². The molecule has 0 aliphatic rings. The van der Waals surface area contributed by atoms with E-state index in [0.717, 1.165) is 12.0 Å². The second-order valence-electron chi connectivity index (χ2n) is 4.82. The maximum absolute atomic E-state index is 12.0. The van der Waals surface area contributed by atoms with Crippen molar-refractivity contribution in [1.82, 2.24) is 0 Å². The van der Waals surface area contributed by atoms with E-state index in [0.29, 0.717) is 6.42 Å². The largest absolute Gasteiger partial charge is 0.507 e. The monoisotopic (exact) mass is 270 g/mol. The Kier molecular flexibility index (Phi) is 4.91. The third-order valence-electron chi connectivity index (χ3n) is 3.23. The minimum absolute atomic E-state index is 0.0321. The molecule has 2 aromatic carbocycles. The number of hydrogen-bond donors (Lipinski definition) is 2. The van der Waals surface area contributed by atoms with E-state index >= 15 is 0 Å². The zero-order valence-corrected chi connectivity index (χ0v) is 11.2. The molecule has 0 spiro atoms. The summed E-state index contributed by atoms with van der Waals surface area (Å²) in [6.07, 6.45) is 0.603. The van der Waals surface area contributed by atoms with Crippen molar-refractivity contribution in [2.24, 2.45) is 0 Å². The lowest BCUT2D eigenvalue weighted by atomic mass is 10.00. The van der Waals surface area contributed by atoms with Crippen LogP contribution in [0.3, 0.4) is 0 Å². The molecule has 0 bridgehead atoms. The fraction of sp³-hybridized carbons (Fsp3) is 0.235. The van der Waals surface area contributed by atoms with Crippen LogP contribution >= 0.6 is 0 Å². The normalized spacial score (nSPS) is 12.1. The van der Waals surface area contributed by atoms with Crippen molar-refractivity contribution < 1.29 is 15.0 Å². The third kappa shape index (κ3) is 3.93. The lowest BCUT2D eigenvalue weighted by Crippen LogP contribution is -2.14. The first-order valence-corrected chi connectivity index (χ1v) is 6.70. The highest BCUT2D eigenvalue weighted by Crippen LogP contribution is 2.19. The lowest BCUT2D eigenvalue weighted by molar-refractivity contribution is 0.0866. The van der Waals surface area contributed by atoms with Crippen LogP contribution in [0.4, 0.5) is 0 Å². The number of para-hydroxylation sites is 1. The molecule has 0 aliphatic heterocycles. The van der Waals surface area contributed by atoms with Gasteiger partial charge in [0.2, 0.25) is 0 Å². The highest BCUT2D eigenvalue weighted by molar-refractivity contribution is 5.98. The quantitative estimate of drug-likeness (QED) is 0.793. The Morgan fingerprint density at radius 1 is 1.00 bits per heavy atom. The fourth-order valence-electron chi connectivity index (χ4n) is 2.11. The number of benzene rings is 2. The number of hydrogen-bond acceptors (Lipinski definition) is 3. The summed E-state index contributed by atoms with van der Waals surface area (Å²) in [6, 6.07) is 16.3. The van der Waals surface area contributed by atoms with Crippen LogP contribution in [-0.2, 0) is 6.42 Å². The van der Waals surface area contributed by atoms with Gasteiger partial charge in [-0.15, -0.1) is 0 Å². The summed E-state index contributed by atoms with van der Waals surface area (Å²) in [5, 5.41) is 19.5. The van der Waals surface area contributed by atoms with Crippen molar-refractivity contribution in [2.45, 2.75) is 25.4 Å². The average molecular weight is 270 g/mol. The Hall–Kier alpha value is -2.13. The summed E-state index contributed by atoms with van der Waals surface area (Å²) >= 11 is 0. The summed E-state index contributed by atoms with van der Waals surface area (Å²) in [5.41, 5.74) is 1.41. The molecule has 0 saturated carbocycles. The lowest BCUT2D eigenvalue weighted by Gasteiger charge is -2.10. The summed E-state index contributed by atoms with van der Waals surface area (Å²) in [7, 11) is 0. The molecule has 20 heavy (non-hydrogen) atoms. The molecule has 0 saturated heterocycles. The smallest absolute Gasteiger partial charge is 0.169 e. The van der Waals surface area contributed by atoms with E-state index in [9.17, 15) is 15.0 Å². The van der Waals surface area contributed by atoms with E-state index in [1.54, 1.807) is 18.2 Å². The number of rotatable bonds is 6. The molecule has 1 atom stereocenters. The molecule has 3 nitrogen and oxygen atoms in total. The Bertz CT molecular complexity index is 563. The number of carbonyl (C=O) groups excluding carboxylic acids is 1. The van der Waals surface area contributed by atoms with Crippen molar-refractivity contribution in [3.8, 4) is 5.75 Å². The number of ketones is 1. The van der Waals surface area contributed by atoms with Crippen molar-refractivity contribution >= 4 is 5.78 Å². The first kappa shape index (κ1) is 14.3. The molecule has 0 amide bonds. The molecule has 3 heteroatoms. The number of carbonyl (C=O) groups is 1. The summed E-state index contributed by atoms with van der Waals surface area (Å²) in [6.45, 7) is 0. The van der Waals surface area contributed by atoms with E-state index in [4.69, 9.17) is 0 Å². The molecular formula is C17H18O3. The molecular weight excluding hydrogens is 252 g/mol. The van der Waals surface area contributed by atoms with Crippen LogP contribution < -0.4 is 0 Å². The van der Waals surface area contributed by atoms with E-state index < -0.39 is 6.10 Å². The van der Waals surface area contributed by atoms with Gasteiger partial charge in [-0.1, -0.05) is 42.5 Å². The number of aliphatic hydroxyl groups excluding tert-OH is 1. The Labute approximate surface area is 118 Å². The van der Waals surface area contributed by atoms with Crippen molar-refractivity contribution in [1.29, 1.82) is 0 Å². The van der Waals surface area contributed by atoms with Gasteiger partial charge in [-0.2, -0.15) is 0 Å². The predicted molar refractivity (Wildman–Crippen MR) is 77.8 cm³/mol. The predicted octanol–water partition coefficient (Wildman–Crippen LogP) is 2.96. The van der Waals surface area contributed by atoms with Gasteiger partial charge in [-0.3, -0.25) is 4.79 Å². The van der Waals surface area contributed by atoms with Crippen LogP contribution in [-0.4, -0.2) is 22.1 Å². The van der Waals surface area contributed by atoms with Gasteiger partial charge in [0, 0.05) is 6.42 Å². The number of phenols is 1. The average Bonchev–Trinajstić information content (AvgIpc) is 2.46. The zero-order chi connectivity index (χ0) is 14.4. The van der Waals surface area contributed by atoms with Gasteiger partial charge in [0.1, 0.15) is 5.75 Å². The topological polar surface area (TPSA) is 57.5 Å². The molecule has 0 radical (unpaired) electrons. The zero-order valence-electron chi connectivity index (χ0n) is 11.2. The molecule has 104 valence electrons. The minimum atomic E-state index is -0.692. The molecule has 1 unspecified atom stereocenters. The second-order valence-corrected chi connectivity index (χ2v) is 4.82. The van der Waals surface area contributed by atoms with E-state index in [-0.39, 0.29) is 23.5 Å². The number of aryl methyl sites for hydroxylation is 1. The van der Waals surface area contributed by atoms with Gasteiger partial charge < -0.3 is 10.2 Å².